The van der Waals surface area contributed by atoms with E-state index in [4.69, 9.17) is 0 Å². The van der Waals surface area contributed by atoms with E-state index in [-0.39, 0.29) is 17.3 Å². The predicted octanol–water partition coefficient (Wildman–Crippen LogP) is 3.24. The van der Waals surface area contributed by atoms with E-state index in [1.54, 1.807) is 4.57 Å². The summed E-state index contributed by atoms with van der Waals surface area (Å²) in [6.45, 7) is 5.17. The van der Waals surface area contributed by atoms with Crippen LogP contribution in [0.4, 0.5) is 13.2 Å². The molecule has 9 heteroatoms. The summed E-state index contributed by atoms with van der Waals surface area (Å²) < 4.78 is 41.7. The van der Waals surface area contributed by atoms with Crippen LogP contribution in [0.25, 0.3) is 0 Å². The number of aryl methyl sites for hydroxylation is 2. The lowest BCUT2D eigenvalue weighted by atomic mass is 10.1. The maximum Gasteiger partial charge on any atom is 0.416 e. The molecule has 29 heavy (non-hydrogen) atoms. The molecular weight excluding hydrogens is 385 g/mol. The minimum Gasteiger partial charge on any atom is -0.349 e. The average molecular weight is 410 g/mol. The molecule has 158 valence electrons. The van der Waals surface area contributed by atoms with E-state index in [0.717, 1.165) is 18.6 Å². The smallest absolute Gasteiger partial charge is 0.349 e. The number of amides is 1. The zero-order valence-electron chi connectivity index (χ0n) is 16.5. The topological polar surface area (TPSA) is 68.9 Å². The number of nitrogens with one attached hydrogen (secondary N) is 1. The number of hydrogen-bond donors (Lipinski definition) is 1. The van der Waals surface area contributed by atoms with E-state index in [0.29, 0.717) is 44.1 Å². The van der Waals surface area contributed by atoms with Gasteiger partial charge in [-0.1, -0.05) is 19.9 Å². The summed E-state index contributed by atoms with van der Waals surface area (Å²) in [7, 11) is 0. The van der Waals surface area contributed by atoms with Crippen molar-refractivity contribution in [3.8, 4) is 0 Å². The Kier molecular flexibility index (Phi) is 6.14. The van der Waals surface area contributed by atoms with Gasteiger partial charge in [0.2, 0.25) is 0 Å². The van der Waals surface area contributed by atoms with Crippen molar-refractivity contribution in [3.05, 3.63) is 51.7 Å². The highest BCUT2D eigenvalue weighted by Crippen LogP contribution is 2.29. The number of carbonyl (C=O) groups is 1. The number of fused-ring (bicyclic) bond motifs is 1. The zero-order chi connectivity index (χ0) is 21.2. The lowest BCUT2D eigenvalue weighted by Gasteiger charge is -2.16. The summed E-state index contributed by atoms with van der Waals surface area (Å²) in [5.41, 5.74) is -1.03. The number of rotatable bonds is 5. The third-order valence-electron chi connectivity index (χ3n) is 5.12. The first-order valence-electron chi connectivity index (χ1n) is 9.80. The molecule has 2 aromatic rings. The predicted molar refractivity (Wildman–Crippen MR) is 102 cm³/mol. The van der Waals surface area contributed by atoms with E-state index < -0.39 is 17.6 Å². The molecule has 1 aromatic carbocycles. The van der Waals surface area contributed by atoms with Crippen molar-refractivity contribution in [3.63, 3.8) is 0 Å². The van der Waals surface area contributed by atoms with Crippen LogP contribution in [0.5, 0.6) is 0 Å². The molecule has 1 aliphatic rings. The SMILES string of the molecule is CC(C)CCn1nc2n(c1=O)CCC(NC(=O)c1cccc(C(F)(F)F)c1)CC2. The lowest BCUT2D eigenvalue weighted by Crippen LogP contribution is -2.36. The average Bonchev–Trinajstić information content (AvgIpc) is 2.82. The van der Waals surface area contributed by atoms with Crippen LogP contribution >= 0.6 is 0 Å². The first-order chi connectivity index (χ1) is 13.6. The van der Waals surface area contributed by atoms with Gasteiger partial charge in [-0.25, -0.2) is 9.48 Å². The van der Waals surface area contributed by atoms with Crippen molar-refractivity contribution in [1.29, 1.82) is 0 Å². The molecule has 2 heterocycles. The Balaban J connectivity index is 1.65. The monoisotopic (exact) mass is 410 g/mol. The molecule has 6 nitrogen and oxygen atoms in total. The second-order valence-electron chi connectivity index (χ2n) is 7.83. The Morgan fingerprint density at radius 1 is 1.31 bits per heavy atom. The van der Waals surface area contributed by atoms with E-state index in [9.17, 15) is 22.8 Å². The fourth-order valence-corrected chi connectivity index (χ4v) is 3.40. The van der Waals surface area contributed by atoms with Crippen molar-refractivity contribution in [2.75, 3.05) is 0 Å². The normalized spacial score (nSPS) is 17.1. The molecule has 0 radical (unpaired) electrons. The van der Waals surface area contributed by atoms with Crippen LogP contribution < -0.4 is 11.0 Å². The molecule has 1 N–H and O–H groups in total. The largest absolute Gasteiger partial charge is 0.416 e. The van der Waals surface area contributed by atoms with Gasteiger partial charge in [0.05, 0.1) is 5.56 Å². The number of alkyl halides is 3. The van der Waals surface area contributed by atoms with Crippen LogP contribution in [-0.4, -0.2) is 26.3 Å². The summed E-state index contributed by atoms with van der Waals surface area (Å²) in [6, 6.07) is 4.14. The molecule has 1 aromatic heterocycles. The molecule has 1 atom stereocenters. The van der Waals surface area contributed by atoms with Gasteiger partial charge in [0.15, 0.2) is 0 Å². The zero-order valence-corrected chi connectivity index (χ0v) is 16.5. The molecule has 1 aliphatic heterocycles. The molecule has 0 aliphatic carbocycles. The van der Waals surface area contributed by atoms with E-state index in [1.807, 2.05) is 0 Å². The van der Waals surface area contributed by atoms with Gasteiger partial charge in [-0.15, -0.1) is 0 Å². The Bertz CT molecular complexity index is 931. The Morgan fingerprint density at radius 3 is 2.76 bits per heavy atom. The number of hydrogen-bond acceptors (Lipinski definition) is 3. The minimum atomic E-state index is -4.50. The van der Waals surface area contributed by atoms with Gasteiger partial charge in [0.1, 0.15) is 5.82 Å². The van der Waals surface area contributed by atoms with Gasteiger partial charge in [-0.05, 0) is 43.4 Å². The first-order valence-corrected chi connectivity index (χ1v) is 9.80. The first kappa shape index (κ1) is 21.1. The maximum atomic E-state index is 12.9. The van der Waals surface area contributed by atoms with Gasteiger partial charge in [-0.3, -0.25) is 9.36 Å². The third-order valence-corrected chi connectivity index (χ3v) is 5.12. The van der Waals surface area contributed by atoms with Gasteiger partial charge in [-0.2, -0.15) is 18.3 Å². The van der Waals surface area contributed by atoms with E-state index in [2.05, 4.69) is 24.3 Å². The van der Waals surface area contributed by atoms with Crippen molar-refractivity contribution in [1.82, 2.24) is 19.7 Å². The summed E-state index contributed by atoms with van der Waals surface area (Å²) in [5.74, 6) is 0.614. The summed E-state index contributed by atoms with van der Waals surface area (Å²) in [4.78, 5) is 24.9. The quantitative estimate of drug-likeness (QED) is 0.823. The van der Waals surface area contributed by atoms with Crippen molar-refractivity contribution >= 4 is 5.91 Å². The van der Waals surface area contributed by atoms with Crippen LogP contribution in [0, 0.1) is 5.92 Å². The fraction of sp³-hybridized carbons (Fsp3) is 0.550. The van der Waals surface area contributed by atoms with Gasteiger partial charge in [0, 0.05) is 31.1 Å². The van der Waals surface area contributed by atoms with Crippen LogP contribution in [0.15, 0.2) is 29.1 Å². The Morgan fingerprint density at radius 2 is 2.07 bits per heavy atom. The molecule has 0 spiro atoms. The highest BCUT2D eigenvalue weighted by atomic mass is 19.4. The number of aromatic nitrogens is 3. The third kappa shape index (κ3) is 5.07. The maximum absolute atomic E-state index is 12.9. The van der Waals surface area contributed by atoms with Crippen molar-refractivity contribution in [2.45, 2.75) is 64.8 Å². The lowest BCUT2D eigenvalue weighted by molar-refractivity contribution is -0.137. The van der Waals surface area contributed by atoms with Crippen molar-refractivity contribution in [2.24, 2.45) is 5.92 Å². The fourth-order valence-electron chi connectivity index (χ4n) is 3.40. The number of benzene rings is 1. The summed E-state index contributed by atoms with van der Waals surface area (Å²) >= 11 is 0. The molecular formula is C20H25F3N4O2. The summed E-state index contributed by atoms with van der Waals surface area (Å²) in [6.07, 6.45) is -2.01. The Hall–Kier alpha value is -2.58. The van der Waals surface area contributed by atoms with Crippen LogP contribution in [0.3, 0.4) is 0 Å². The van der Waals surface area contributed by atoms with E-state index >= 15 is 0 Å². The molecule has 0 fully saturated rings. The van der Waals surface area contributed by atoms with Crippen LogP contribution in [0.2, 0.25) is 0 Å². The number of carbonyl (C=O) groups excluding carboxylic acids is 1. The second kappa shape index (κ2) is 8.42. The molecule has 0 bridgehead atoms. The minimum absolute atomic E-state index is 0.0298. The molecule has 0 saturated heterocycles. The molecule has 3 rings (SSSR count). The Labute approximate surface area is 166 Å². The van der Waals surface area contributed by atoms with Crippen molar-refractivity contribution < 1.29 is 18.0 Å². The van der Waals surface area contributed by atoms with Crippen LogP contribution in [-0.2, 0) is 25.7 Å². The number of halogens is 3. The van der Waals surface area contributed by atoms with Crippen LogP contribution in [0.1, 0.15) is 54.9 Å². The highest BCUT2D eigenvalue weighted by molar-refractivity contribution is 5.94. The molecule has 0 saturated carbocycles. The molecule has 1 unspecified atom stereocenters. The second-order valence-corrected chi connectivity index (χ2v) is 7.83. The highest BCUT2D eigenvalue weighted by Gasteiger charge is 2.31. The van der Waals surface area contributed by atoms with E-state index in [1.165, 1.54) is 16.8 Å². The molecule has 1 amide bonds. The van der Waals surface area contributed by atoms with Gasteiger partial charge >= 0.3 is 11.9 Å². The van der Waals surface area contributed by atoms with Gasteiger partial charge < -0.3 is 5.32 Å². The standard InChI is InChI=1S/C20H25F3N4O2/c1-13(2)8-11-27-19(29)26-10-9-16(6-7-17(26)25-27)24-18(28)14-4-3-5-15(12-14)20(21,22)23/h3-5,12-13,16H,6-11H2,1-2H3,(H,24,28). The summed E-state index contributed by atoms with van der Waals surface area (Å²) in [5, 5.41) is 7.22. The van der Waals surface area contributed by atoms with Gasteiger partial charge in [0.25, 0.3) is 5.91 Å². The number of nitrogens with zero attached hydrogens (tertiary/aromatic N) is 3.